The van der Waals surface area contributed by atoms with Crippen molar-refractivity contribution < 1.29 is 14.7 Å². The molecular formula is C15H25NO3. The third-order valence-corrected chi connectivity index (χ3v) is 4.68. The normalized spacial score (nSPS) is 28.2. The molecule has 2 aliphatic carbocycles. The molecule has 0 radical (unpaired) electrons. The molecule has 0 aromatic heterocycles. The van der Waals surface area contributed by atoms with Gasteiger partial charge in [-0.15, -0.1) is 0 Å². The highest BCUT2D eigenvalue weighted by Crippen LogP contribution is 2.29. The van der Waals surface area contributed by atoms with E-state index in [1.54, 1.807) is 0 Å². The van der Waals surface area contributed by atoms with Crippen LogP contribution in [0.1, 0.15) is 64.2 Å². The topological polar surface area (TPSA) is 66.4 Å². The molecule has 0 aliphatic heterocycles. The predicted octanol–water partition coefficient (Wildman–Crippen LogP) is 2.72. The third-order valence-electron chi connectivity index (χ3n) is 4.68. The van der Waals surface area contributed by atoms with E-state index in [2.05, 4.69) is 5.32 Å². The molecule has 1 amide bonds. The molecule has 0 heterocycles. The second-order valence-electron chi connectivity index (χ2n) is 6.09. The zero-order valence-corrected chi connectivity index (χ0v) is 11.6. The zero-order valence-electron chi connectivity index (χ0n) is 11.6. The molecule has 2 aliphatic rings. The second-order valence-corrected chi connectivity index (χ2v) is 6.09. The summed E-state index contributed by atoms with van der Waals surface area (Å²) < 4.78 is 0. The lowest BCUT2D eigenvalue weighted by Crippen LogP contribution is -2.45. The molecule has 19 heavy (non-hydrogen) atoms. The number of rotatable bonds is 5. The van der Waals surface area contributed by atoms with Crippen molar-refractivity contribution in [2.24, 2.45) is 11.8 Å². The Morgan fingerprint density at radius 3 is 2.32 bits per heavy atom. The summed E-state index contributed by atoms with van der Waals surface area (Å²) in [5.41, 5.74) is 0. The van der Waals surface area contributed by atoms with Crippen LogP contribution in [0.25, 0.3) is 0 Å². The van der Waals surface area contributed by atoms with Crippen LogP contribution in [0.3, 0.4) is 0 Å². The standard InChI is InChI=1S/C15H25NO3/c17-14(10-9-11-5-1-2-6-11)16-13-8-4-3-7-12(13)15(18)19/h11-13H,1-10H2,(H,16,17)(H,18,19)/t12-,13+/m0/s1. The Labute approximate surface area is 115 Å². The molecule has 4 heteroatoms. The van der Waals surface area contributed by atoms with E-state index in [1.165, 1.54) is 25.7 Å². The molecule has 4 nitrogen and oxygen atoms in total. The van der Waals surface area contributed by atoms with Crippen molar-refractivity contribution in [1.82, 2.24) is 5.32 Å². The summed E-state index contributed by atoms with van der Waals surface area (Å²) in [5.74, 6) is -0.387. The number of nitrogens with one attached hydrogen (secondary N) is 1. The smallest absolute Gasteiger partial charge is 0.308 e. The monoisotopic (exact) mass is 267 g/mol. The largest absolute Gasteiger partial charge is 0.481 e. The summed E-state index contributed by atoms with van der Waals surface area (Å²) in [6, 6.07) is -0.151. The van der Waals surface area contributed by atoms with Crippen molar-refractivity contribution >= 4 is 11.9 Å². The third kappa shape index (κ3) is 4.22. The highest BCUT2D eigenvalue weighted by Gasteiger charge is 2.31. The molecule has 2 fully saturated rings. The lowest BCUT2D eigenvalue weighted by molar-refractivity contribution is -0.144. The maximum Gasteiger partial charge on any atom is 0.308 e. The average Bonchev–Trinajstić information content (AvgIpc) is 2.90. The van der Waals surface area contributed by atoms with E-state index in [-0.39, 0.29) is 17.9 Å². The van der Waals surface area contributed by atoms with Crippen LogP contribution < -0.4 is 5.32 Å². The van der Waals surface area contributed by atoms with Crippen LogP contribution in [0.5, 0.6) is 0 Å². The SMILES string of the molecule is O=C(CCC1CCCC1)N[C@@H]1CCCC[C@@H]1C(=O)O. The van der Waals surface area contributed by atoms with Crippen molar-refractivity contribution in [2.45, 2.75) is 70.3 Å². The number of aliphatic carboxylic acids is 1. The van der Waals surface area contributed by atoms with E-state index < -0.39 is 5.97 Å². The maximum atomic E-state index is 11.9. The van der Waals surface area contributed by atoms with Gasteiger partial charge < -0.3 is 10.4 Å². The van der Waals surface area contributed by atoms with Gasteiger partial charge in [-0.05, 0) is 25.2 Å². The van der Waals surface area contributed by atoms with Crippen LogP contribution in [0, 0.1) is 11.8 Å². The van der Waals surface area contributed by atoms with Gasteiger partial charge in [0, 0.05) is 12.5 Å². The van der Waals surface area contributed by atoms with Crippen LogP contribution >= 0.6 is 0 Å². The fraction of sp³-hybridized carbons (Fsp3) is 0.867. The Bertz CT molecular complexity index is 323. The molecule has 2 rings (SSSR count). The lowest BCUT2D eigenvalue weighted by Gasteiger charge is -2.29. The van der Waals surface area contributed by atoms with Gasteiger partial charge in [0.1, 0.15) is 0 Å². The van der Waals surface area contributed by atoms with Gasteiger partial charge >= 0.3 is 5.97 Å². The van der Waals surface area contributed by atoms with Crippen molar-refractivity contribution in [2.75, 3.05) is 0 Å². The summed E-state index contributed by atoms with van der Waals surface area (Å²) in [6.45, 7) is 0. The highest BCUT2D eigenvalue weighted by atomic mass is 16.4. The number of amides is 1. The Morgan fingerprint density at radius 1 is 1.00 bits per heavy atom. The fourth-order valence-electron chi connectivity index (χ4n) is 3.51. The molecule has 0 aromatic rings. The summed E-state index contributed by atoms with van der Waals surface area (Å²) in [4.78, 5) is 23.1. The average molecular weight is 267 g/mol. The van der Waals surface area contributed by atoms with E-state index in [9.17, 15) is 14.7 Å². The zero-order chi connectivity index (χ0) is 13.7. The summed E-state index contributed by atoms with van der Waals surface area (Å²) in [5, 5.41) is 12.1. The van der Waals surface area contributed by atoms with Gasteiger partial charge in [0.25, 0.3) is 0 Å². The Morgan fingerprint density at radius 2 is 1.63 bits per heavy atom. The van der Waals surface area contributed by atoms with Gasteiger partial charge in [-0.1, -0.05) is 38.5 Å². The van der Waals surface area contributed by atoms with Gasteiger partial charge in [0.05, 0.1) is 5.92 Å². The summed E-state index contributed by atoms with van der Waals surface area (Å²) in [7, 11) is 0. The van der Waals surface area contributed by atoms with Crippen molar-refractivity contribution in [1.29, 1.82) is 0 Å². The Kier molecular flexibility index (Phi) is 5.23. The van der Waals surface area contributed by atoms with E-state index in [1.807, 2.05) is 0 Å². The van der Waals surface area contributed by atoms with E-state index in [4.69, 9.17) is 0 Å². The summed E-state index contributed by atoms with van der Waals surface area (Å²) in [6.07, 6.45) is 10.1. The van der Waals surface area contributed by atoms with Gasteiger partial charge in [-0.2, -0.15) is 0 Å². The number of hydrogen-bond acceptors (Lipinski definition) is 2. The van der Waals surface area contributed by atoms with E-state index in [0.717, 1.165) is 25.7 Å². The molecule has 0 spiro atoms. The second kappa shape index (κ2) is 6.92. The van der Waals surface area contributed by atoms with Gasteiger partial charge in [-0.3, -0.25) is 9.59 Å². The minimum Gasteiger partial charge on any atom is -0.481 e. The molecule has 0 bridgehead atoms. The number of carbonyl (C=O) groups is 2. The van der Waals surface area contributed by atoms with Crippen LogP contribution in [0.4, 0.5) is 0 Å². The van der Waals surface area contributed by atoms with Crippen LogP contribution in [-0.4, -0.2) is 23.0 Å². The molecule has 2 atom stereocenters. The number of carboxylic acid groups (broad SMARTS) is 1. The minimum absolute atomic E-state index is 0.0463. The van der Waals surface area contributed by atoms with Crippen LogP contribution in [0.15, 0.2) is 0 Å². The summed E-state index contributed by atoms with van der Waals surface area (Å²) >= 11 is 0. The molecule has 2 N–H and O–H groups in total. The molecular weight excluding hydrogens is 242 g/mol. The maximum absolute atomic E-state index is 11.9. The molecule has 108 valence electrons. The first kappa shape index (κ1) is 14.4. The molecule has 0 saturated heterocycles. The van der Waals surface area contributed by atoms with Crippen LogP contribution in [0.2, 0.25) is 0 Å². The minimum atomic E-state index is -0.763. The predicted molar refractivity (Wildman–Crippen MR) is 72.7 cm³/mol. The first-order valence-corrected chi connectivity index (χ1v) is 7.69. The molecule has 2 saturated carbocycles. The first-order valence-electron chi connectivity index (χ1n) is 7.69. The Balaban J connectivity index is 1.74. The fourth-order valence-corrected chi connectivity index (χ4v) is 3.51. The van der Waals surface area contributed by atoms with Crippen LogP contribution in [-0.2, 0) is 9.59 Å². The first-order chi connectivity index (χ1) is 9.16. The van der Waals surface area contributed by atoms with Gasteiger partial charge in [0.15, 0.2) is 0 Å². The number of carbonyl (C=O) groups excluding carboxylic acids is 1. The van der Waals surface area contributed by atoms with Crippen molar-refractivity contribution in [3.8, 4) is 0 Å². The molecule has 0 unspecified atom stereocenters. The van der Waals surface area contributed by atoms with Gasteiger partial charge in [-0.25, -0.2) is 0 Å². The highest BCUT2D eigenvalue weighted by molar-refractivity contribution is 5.78. The number of hydrogen-bond donors (Lipinski definition) is 2. The quantitative estimate of drug-likeness (QED) is 0.805. The molecule has 0 aromatic carbocycles. The van der Waals surface area contributed by atoms with E-state index >= 15 is 0 Å². The Hall–Kier alpha value is -1.06. The lowest BCUT2D eigenvalue weighted by atomic mass is 9.84. The van der Waals surface area contributed by atoms with Crippen molar-refractivity contribution in [3.05, 3.63) is 0 Å². The van der Waals surface area contributed by atoms with E-state index in [0.29, 0.717) is 18.8 Å². The van der Waals surface area contributed by atoms with Gasteiger partial charge in [0.2, 0.25) is 5.91 Å². The van der Waals surface area contributed by atoms with Crippen molar-refractivity contribution in [3.63, 3.8) is 0 Å². The number of carboxylic acids is 1.